The summed E-state index contributed by atoms with van der Waals surface area (Å²) in [4.78, 5) is 12.6. The van der Waals surface area contributed by atoms with E-state index in [-0.39, 0.29) is 24.0 Å². The Labute approximate surface area is 175 Å². The van der Waals surface area contributed by atoms with E-state index in [2.05, 4.69) is 56.9 Å². The van der Waals surface area contributed by atoms with E-state index < -0.39 is 0 Å². The molecule has 25 heavy (non-hydrogen) atoms. The van der Waals surface area contributed by atoms with Crippen LogP contribution < -0.4 is 15.5 Å². The summed E-state index contributed by atoms with van der Waals surface area (Å²) >= 11 is 3.57. The van der Waals surface area contributed by atoms with Crippen molar-refractivity contribution >= 4 is 57.6 Å². The Morgan fingerprint density at radius 2 is 2.12 bits per heavy atom. The summed E-state index contributed by atoms with van der Waals surface area (Å²) in [6, 6.07) is 4.81. The van der Waals surface area contributed by atoms with Crippen LogP contribution in [-0.2, 0) is 6.54 Å². The van der Waals surface area contributed by atoms with Gasteiger partial charge < -0.3 is 15.5 Å². The van der Waals surface area contributed by atoms with Crippen molar-refractivity contribution in [2.75, 3.05) is 25.0 Å². The lowest BCUT2D eigenvalue weighted by Crippen LogP contribution is -2.48. The fourth-order valence-corrected chi connectivity index (χ4v) is 4.65. The van der Waals surface area contributed by atoms with Crippen LogP contribution in [0.5, 0.6) is 0 Å². The number of aliphatic imine (C=N–C) groups is 1. The molecule has 0 unspecified atom stereocenters. The summed E-state index contributed by atoms with van der Waals surface area (Å²) in [6.45, 7) is 7.10. The summed E-state index contributed by atoms with van der Waals surface area (Å²) in [5, 5.41) is 11.6. The van der Waals surface area contributed by atoms with Gasteiger partial charge in [-0.15, -0.1) is 46.7 Å². The van der Waals surface area contributed by atoms with Gasteiger partial charge in [-0.25, -0.2) is 4.98 Å². The van der Waals surface area contributed by atoms with Crippen molar-refractivity contribution in [3.8, 4) is 0 Å². The third kappa shape index (κ3) is 5.55. The highest BCUT2D eigenvalue weighted by Crippen LogP contribution is 2.24. The van der Waals surface area contributed by atoms with Gasteiger partial charge in [-0.1, -0.05) is 0 Å². The maximum Gasteiger partial charge on any atom is 0.191 e. The van der Waals surface area contributed by atoms with Gasteiger partial charge in [0, 0.05) is 31.1 Å². The maximum atomic E-state index is 4.48. The number of nitrogens with one attached hydrogen (secondary N) is 2. The van der Waals surface area contributed by atoms with Gasteiger partial charge in [0.15, 0.2) is 5.96 Å². The highest BCUT2D eigenvalue weighted by atomic mass is 127. The number of aryl methyl sites for hydroxylation is 2. The number of anilines is 1. The van der Waals surface area contributed by atoms with Gasteiger partial charge in [-0.05, 0) is 44.2 Å². The molecule has 1 fully saturated rings. The van der Waals surface area contributed by atoms with Crippen LogP contribution in [0, 0.1) is 13.8 Å². The van der Waals surface area contributed by atoms with Gasteiger partial charge in [0.1, 0.15) is 0 Å². The fraction of sp³-hybridized carbons (Fsp3) is 0.529. The van der Waals surface area contributed by atoms with Crippen molar-refractivity contribution in [1.82, 2.24) is 15.6 Å². The second kappa shape index (κ2) is 9.72. The molecule has 1 aliphatic rings. The van der Waals surface area contributed by atoms with Gasteiger partial charge in [-0.3, -0.25) is 4.99 Å². The zero-order chi connectivity index (χ0) is 16.9. The van der Waals surface area contributed by atoms with E-state index in [4.69, 9.17) is 0 Å². The van der Waals surface area contributed by atoms with Crippen LogP contribution in [0.3, 0.4) is 0 Å². The number of hydrogen-bond acceptors (Lipinski definition) is 5. The molecule has 3 rings (SSSR count). The van der Waals surface area contributed by atoms with E-state index >= 15 is 0 Å². The highest BCUT2D eigenvalue weighted by molar-refractivity contribution is 14.0. The predicted molar refractivity (Wildman–Crippen MR) is 120 cm³/mol. The standard InChI is InChI=1S/C17H25N5S2.HI/c1-12-15(24-13(2)20-12)11-19-17(18-3)21-14-6-8-22(9-7-14)16-5-4-10-23-16;/h4-5,10,14H,6-9,11H2,1-3H3,(H2,18,19,21);1H. The molecule has 0 aliphatic carbocycles. The van der Waals surface area contributed by atoms with Crippen molar-refractivity contribution < 1.29 is 0 Å². The lowest BCUT2D eigenvalue weighted by Gasteiger charge is -2.33. The van der Waals surface area contributed by atoms with Crippen LogP contribution in [-0.4, -0.2) is 37.1 Å². The molecule has 3 heterocycles. The summed E-state index contributed by atoms with van der Waals surface area (Å²) in [5.41, 5.74) is 1.12. The summed E-state index contributed by atoms with van der Waals surface area (Å²) in [7, 11) is 1.83. The van der Waals surface area contributed by atoms with Crippen molar-refractivity contribution in [3.63, 3.8) is 0 Å². The number of thiophene rings is 1. The molecule has 1 aliphatic heterocycles. The summed E-state index contributed by atoms with van der Waals surface area (Å²) < 4.78 is 0. The van der Waals surface area contributed by atoms with Gasteiger partial charge in [0.2, 0.25) is 0 Å². The summed E-state index contributed by atoms with van der Waals surface area (Å²) in [5.74, 6) is 0.884. The predicted octanol–water partition coefficient (Wildman–Crippen LogP) is 3.77. The van der Waals surface area contributed by atoms with E-state index in [9.17, 15) is 0 Å². The Kier molecular flexibility index (Phi) is 7.95. The third-order valence-corrected chi connectivity index (χ3v) is 6.30. The largest absolute Gasteiger partial charge is 0.363 e. The maximum absolute atomic E-state index is 4.48. The first-order chi connectivity index (χ1) is 11.7. The number of thiazole rings is 1. The van der Waals surface area contributed by atoms with Crippen molar-refractivity contribution in [3.05, 3.63) is 33.1 Å². The van der Waals surface area contributed by atoms with E-state index in [1.54, 1.807) is 11.3 Å². The lowest BCUT2D eigenvalue weighted by molar-refractivity contribution is 0.463. The molecule has 5 nitrogen and oxygen atoms in total. The number of halogens is 1. The lowest BCUT2D eigenvalue weighted by atomic mass is 10.1. The van der Waals surface area contributed by atoms with Crippen molar-refractivity contribution in [2.45, 2.75) is 39.3 Å². The monoisotopic (exact) mass is 491 g/mol. The number of hydrogen-bond donors (Lipinski definition) is 2. The van der Waals surface area contributed by atoms with Crippen molar-refractivity contribution in [1.29, 1.82) is 0 Å². The first kappa shape index (κ1) is 20.4. The average Bonchev–Trinajstić information content (AvgIpc) is 3.22. The molecule has 138 valence electrons. The molecule has 0 amide bonds. The first-order valence-corrected chi connectivity index (χ1v) is 10.0. The second-order valence-electron chi connectivity index (χ2n) is 6.02. The number of rotatable bonds is 4. The van der Waals surface area contributed by atoms with Gasteiger partial charge >= 0.3 is 0 Å². The molecule has 0 aromatic carbocycles. The number of piperidine rings is 1. The third-order valence-electron chi connectivity index (χ3n) is 4.29. The molecule has 2 N–H and O–H groups in total. The van der Waals surface area contributed by atoms with E-state index in [1.165, 1.54) is 9.88 Å². The molecular formula is C17H26IN5S2. The second-order valence-corrected chi connectivity index (χ2v) is 8.24. The average molecular weight is 491 g/mol. The minimum Gasteiger partial charge on any atom is -0.363 e. The Morgan fingerprint density at radius 1 is 1.36 bits per heavy atom. The minimum absolute atomic E-state index is 0. The van der Waals surface area contributed by atoms with Crippen molar-refractivity contribution in [2.24, 2.45) is 4.99 Å². The molecule has 0 spiro atoms. The smallest absolute Gasteiger partial charge is 0.191 e. The number of aromatic nitrogens is 1. The topological polar surface area (TPSA) is 52.6 Å². The number of guanidine groups is 1. The molecule has 2 aromatic heterocycles. The molecule has 1 saturated heterocycles. The molecule has 2 aromatic rings. The number of nitrogens with zero attached hydrogens (tertiary/aromatic N) is 3. The Balaban J connectivity index is 0.00000225. The van der Waals surface area contributed by atoms with Crippen LogP contribution in [0.25, 0.3) is 0 Å². The Hall–Kier alpha value is -0.870. The molecule has 0 bridgehead atoms. The summed E-state index contributed by atoms with van der Waals surface area (Å²) in [6.07, 6.45) is 2.27. The van der Waals surface area contributed by atoms with Crippen LogP contribution in [0.2, 0.25) is 0 Å². The van der Waals surface area contributed by atoms with Gasteiger partial charge in [0.25, 0.3) is 0 Å². The fourth-order valence-electron chi connectivity index (χ4n) is 2.98. The quantitative estimate of drug-likeness (QED) is 0.389. The minimum atomic E-state index is 0. The molecule has 0 atom stereocenters. The zero-order valence-electron chi connectivity index (χ0n) is 14.9. The molecular weight excluding hydrogens is 465 g/mol. The Morgan fingerprint density at radius 3 is 2.68 bits per heavy atom. The molecule has 8 heteroatoms. The molecule has 0 saturated carbocycles. The van der Waals surface area contributed by atoms with Crippen LogP contribution in [0.1, 0.15) is 28.4 Å². The van der Waals surface area contributed by atoms with Gasteiger partial charge in [0.05, 0.1) is 22.2 Å². The van der Waals surface area contributed by atoms with E-state index in [1.807, 2.05) is 18.4 Å². The zero-order valence-corrected chi connectivity index (χ0v) is 18.9. The normalized spacial score (nSPS) is 15.8. The first-order valence-electron chi connectivity index (χ1n) is 8.34. The Bertz CT molecular complexity index is 675. The highest BCUT2D eigenvalue weighted by Gasteiger charge is 2.20. The van der Waals surface area contributed by atoms with Gasteiger partial charge in [-0.2, -0.15) is 0 Å². The molecule has 0 radical (unpaired) electrons. The van der Waals surface area contributed by atoms with E-state index in [0.29, 0.717) is 6.04 Å². The van der Waals surface area contributed by atoms with Crippen LogP contribution in [0.15, 0.2) is 22.5 Å². The SMILES string of the molecule is CN=C(NCc1sc(C)nc1C)NC1CCN(c2cccs2)CC1.I. The van der Waals surface area contributed by atoms with E-state index in [0.717, 1.165) is 49.1 Å². The van der Waals surface area contributed by atoms with Crippen LogP contribution >= 0.6 is 46.7 Å². The van der Waals surface area contributed by atoms with Crippen LogP contribution in [0.4, 0.5) is 5.00 Å².